The molecule has 1 N–H and O–H groups in total. The standard InChI is InChI=1S/C29H35NO4/c1-18(2)17-34-24-14-13-22(16-20(24)4)27(31)25-26(21-10-8-9-19(3)15-21)30(29(33)28(25)32)23-11-6-5-7-12-23/h8-10,13-16,18,23,26,31H,5-7,11-12,17H2,1-4H3/b27-25-. The Morgan fingerprint density at radius 1 is 1.06 bits per heavy atom. The first-order valence-corrected chi connectivity index (χ1v) is 12.4. The van der Waals surface area contributed by atoms with Gasteiger partial charge in [-0.05, 0) is 61.9 Å². The van der Waals surface area contributed by atoms with Gasteiger partial charge in [0.25, 0.3) is 11.7 Å². The minimum Gasteiger partial charge on any atom is -0.507 e. The van der Waals surface area contributed by atoms with Crippen molar-refractivity contribution in [3.63, 3.8) is 0 Å². The van der Waals surface area contributed by atoms with Crippen LogP contribution < -0.4 is 4.74 Å². The van der Waals surface area contributed by atoms with Crippen molar-refractivity contribution >= 4 is 17.4 Å². The number of benzene rings is 2. The van der Waals surface area contributed by atoms with E-state index in [9.17, 15) is 14.7 Å². The number of hydrogen-bond acceptors (Lipinski definition) is 4. The van der Waals surface area contributed by atoms with Crippen molar-refractivity contribution in [3.8, 4) is 5.75 Å². The van der Waals surface area contributed by atoms with Crippen molar-refractivity contribution < 1.29 is 19.4 Å². The summed E-state index contributed by atoms with van der Waals surface area (Å²) in [6.07, 6.45) is 5.02. The number of nitrogens with zero attached hydrogens (tertiary/aromatic N) is 1. The largest absolute Gasteiger partial charge is 0.507 e. The van der Waals surface area contributed by atoms with Crippen molar-refractivity contribution in [2.24, 2.45) is 5.92 Å². The molecular weight excluding hydrogens is 426 g/mol. The Morgan fingerprint density at radius 3 is 2.44 bits per heavy atom. The smallest absolute Gasteiger partial charge is 0.295 e. The molecule has 2 aliphatic rings. The van der Waals surface area contributed by atoms with Gasteiger partial charge in [-0.15, -0.1) is 0 Å². The lowest BCUT2D eigenvalue weighted by Crippen LogP contribution is -2.40. The van der Waals surface area contributed by atoms with Gasteiger partial charge in [0.2, 0.25) is 0 Å². The summed E-state index contributed by atoms with van der Waals surface area (Å²) in [5.74, 6) is -0.0803. The van der Waals surface area contributed by atoms with Crippen LogP contribution in [0.15, 0.2) is 48.0 Å². The number of carbonyl (C=O) groups excluding carboxylic acids is 2. The minimum atomic E-state index is -0.604. The van der Waals surface area contributed by atoms with Crippen LogP contribution in [0.5, 0.6) is 5.75 Å². The highest BCUT2D eigenvalue weighted by atomic mass is 16.5. The second-order valence-corrected chi connectivity index (χ2v) is 10.1. The molecule has 0 bridgehead atoms. The maximum atomic E-state index is 13.3. The number of likely N-dealkylation sites (tertiary alicyclic amines) is 1. The molecule has 5 nitrogen and oxygen atoms in total. The fourth-order valence-electron chi connectivity index (χ4n) is 5.12. The molecule has 1 saturated heterocycles. The summed E-state index contributed by atoms with van der Waals surface area (Å²) in [6, 6.07) is 12.7. The molecule has 4 rings (SSSR count). The lowest BCUT2D eigenvalue weighted by Gasteiger charge is -2.35. The number of Topliss-reactive ketones (excluding diaryl/α,β-unsaturated/α-hetero) is 1. The van der Waals surface area contributed by atoms with Crippen molar-refractivity contribution in [1.29, 1.82) is 0 Å². The van der Waals surface area contributed by atoms with Crippen LogP contribution in [0.25, 0.3) is 5.76 Å². The highest BCUT2D eigenvalue weighted by Gasteiger charge is 2.48. The van der Waals surface area contributed by atoms with Crippen LogP contribution in [0.2, 0.25) is 0 Å². The Kier molecular flexibility index (Phi) is 7.11. The molecule has 1 saturated carbocycles. The molecule has 0 aromatic heterocycles. The van der Waals surface area contributed by atoms with Gasteiger partial charge in [0.1, 0.15) is 11.5 Å². The third-order valence-corrected chi connectivity index (χ3v) is 6.83. The van der Waals surface area contributed by atoms with Gasteiger partial charge in [-0.2, -0.15) is 0 Å². The van der Waals surface area contributed by atoms with E-state index in [4.69, 9.17) is 4.74 Å². The molecule has 1 aliphatic carbocycles. The number of aliphatic hydroxyl groups is 1. The topological polar surface area (TPSA) is 66.8 Å². The molecule has 2 aromatic carbocycles. The Balaban J connectivity index is 1.79. The summed E-state index contributed by atoms with van der Waals surface area (Å²) in [7, 11) is 0. The number of hydrogen-bond donors (Lipinski definition) is 1. The zero-order valence-electron chi connectivity index (χ0n) is 20.6. The van der Waals surface area contributed by atoms with Gasteiger partial charge in [-0.25, -0.2) is 0 Å². The lowest BCUT2D eigenvalue weighted by atomic mass is 9.90. The highest BCUT2D eigenvalue weighted by Crippen LogP contribution is 2.43. The van der Waals surface area contributed by atoms with E-state index in [1.807, 2.05) is 50.2 Å². The number of amides is 1. The van der Waals surface area contributed by atoms with Crippen LogP contribution in [0.1, 0.15) is 74.2 Å². The van der Waals surface area contributed by atoms with E-state index in [1.165, 1.54) is 0 Å². The number of aliphatic hydroxyl groups excluding tert-OH is 1. The summed E-state index contributed by atoms with van der Waals surface area (Å²) in [5.41, 5.74) is 3.48. The van der Waals surface area contributed by atoms with Crippen molar-refractivity contribution in [2.45, 2.75) is 71.9 Å². The van der Waals surface area contributed by atoms with Crippen LogP contribution in [0.3, 0.4) is 0 Å². The van der Waals surface area contributed by atoms with Crippen LogP contribution >= 0.6 is 0 Å². The molecule has 1 atom stereocenters. The maximum Gasteiger partial charge on any atom is 0.295 e. The second-order valence-electron chi connectivity index (χ2n) is 10.1. The summed E-state index contributed by atoms with van der Waals surface area (Å²) in [5, 5.41) is 11.4. The van der Waals surface area contributed by atoms with Crippen LogP contribution in [-0.2, 0) is 9.59 Å². The second kappa shape index (κ2) is 10.0. The third kappa shape index (κ3) is 4.75. The van der Waals surface area contributed by atoms with Crippen molar-refractivity contribution in [1.82, 2.24) is 4.90 Å². The fourth-order valence-corrected chi connectivity index (χ4v) is 5.12. The van der Waals surface area contributed by atoms with Crippen LogP contribution in [0, 0.1) is 19.8 Å². The number of rotatable bonds is 6. The van der Waals surface area contributed by atoms with E-state index >= 15 is 0 Å². The minimum absolute atomic E-state index is 0.00885. The normalized spacial score (nSPS) is 20.9. The van der Waals surface area contributed by atoms with Crippen LogP contribution in [0.4, 0.5) is 0 Å². The van der Waals surface area contributed by atoms with E-state index in [2.05, 4.69) is 13.8 Å². The predicted molar refractivity (Wildman–Crippen MR) is 134 cm³/mol. The zero-order chi connectivity index (χ0) is 24.4. The average Bonchev–Trinajstić information content (AvgIpc) is 3.08. The van der Waals surface area contributed by atoms with Gasteiger partial charge in [0.15, 0.2) is 0 Å². The Bertz CT molecular complexity index is 1110. The molecular formula is C29H35NO4. The molecule has 34 heavy (non-hydrogen) atoms. The van der Waals surface area contributed by atoms with Gasteiger partial charge in [0, 0.05) is 11.6 Å². The van der Waals surface area contributed by atoms with Gasteiger partial charge in [0.05, 0.1) is 18.2 Å². The lowest BCUT2D eigenvalue weighted by molar-refractivity contribution is -0.141. The third-order valence-electron chi connectivity index (χ3n) is 6.83. The van der Waals surface area contributed by atoms with Crippen molar-refractivity contribution in [2.75, 3.05) is 6.61 Å². The zero-order valence-corrected chi connectivity index (χ0v) is 20.6. The van der Waals surface area contributed by atoms with Crippen LogP contribution in [-0.4, -0.2) is 34.3 Å². The first-order valence-electron chi connectivity index (χ1n) is 12.4. The number of ketones is 1. The molecule has 1 unspecified atom stereocenters. The summed E-state index contributed by atoms with van der Waals surface area (Å²) in [6.45, 7) is 8.70. The quantitative estimate of drug-likeness (QED) is 0.321. The van der Waals surface area contributed by atoms with E-state index < -0.39 is 17.7 Å². The predicted octanol–water partition coefficient (Wildman–Crippen LogP) is 6.09. The molecule has 0 spiro atoms. The molecule has 0 radical (unpaired) electrons. The van der Waals surface area contributed by atoms with Gasteiger partial charge < -0.3 is 14.7 Å². The molecule has 1 aliphatic heterocycles. The average molecular weight is 462 g/mol. The van der Waals surface area contributed by atoms with E-state index in [1.54, 1.807) is 11.0 Å². The monoisotopic (exact) mass is 461 g/mol. The van der Waals surface area contributed by atoms with E-state index in [0.717, 1.165) is 54.5 Å². The summed E-state index contributed by atoms with van der Waals surface area (Å²) >= 11 is 0. The van der Waals surface area contributed by atoms with Gasteiger partial charge >= 0.3 is 0 Å². The van der Waals surface area contributed by atoms with E-state index in [0.29, 0.717) is 18.1 Å². The summed E-state index contributed by atoms with van der Waals surface area (Å²) < 4.78 is 5.87. The molecule has 1 heterocycles. The first kappa shape index (κ1) is 24.1. The molecule has 1 amide bonds. The SMILES string of the molecule is Cc1cccc(C2/C(=C(/O)c3ccc(OCC(C)C)c(C)c3)C(=O)C(=O)N2C2CCCCC2)c1. The molecule has 5 heteroatoms. The Morgan fingerprint density at radius 2 is 1.79 bits per heavy atom. The Hall–Kier alpha value is -3.08. The number of carbonyl (C=O) groups is 2. The van der Waals surface area contributed by atoms with E-state index in [-0.39, 0.29) is 17.4 Å². The van der Waals surface area contributed by atoms with Crippen molar-refractivity contribution in [3.05, 3.63) is 70.3 Å². The van der Waals surface area contributed by atoms with Gasteiger partial charge in [-0.3, -0.25) is 9.59 Å². The molecule has 180 valence electrons. The Labute approximate surface area is 202 Å². The summed E-state index contributed by atoms with van der Waals surface area (Å²) in [4.78, 5) is 28.4. The number of aryl methyl sites for hydroxylation is 2. The fraction of sp³-hybridized carbons (Fsp3) is 0.448. The maximum absolute atomic E-state index is 13.3. The van der Waals surface area contributed by atoms with Gasteiger partial charge in [-0.1, -0.05) is 62.9 Å². The first-order chi connectivity index (χ1) is 16.3. The highest BCUT2D eigenvalue weighted by molar-refractivity contribution is 6.46. The molecule has 2 fully saturated rings. The number of ether oxygens (including phenoxy) is 1. The molecule has 2 aromatic rings.